The average molecular weight is 230 g/mol. The zero-order valence-corrected chi connectivity index (χ0v) is 9.11. The third-order valence-corrected chi connectivity index (χ3v) is 2.91. The summed E-state index contributed by atoms with van der Waals surface area (Å²) in [7, 11) is 0. The molecule has 0 atom stereocenters. The van der Waals surface area contributed by atoms with Crippen molar-refractivity contribution in [2.45, 2.75) is 6.42 Å². The molecule has 0 saturated heterocycles. The van der Waals surface area contributed by atoms with Gasteiger partial charge in [0.05, 0.1) is 6.61 Å². The average Bonchev–Trinajstić information content (AvgIpc) is 2.74. The number of hydrogen-bond acceptors (Lipinski definition) is 2. The van der Waals surface area contributed by atoms with E-state index in [1.807, 2.05) is 18.2 Å². The number of rotatable bonds is 1. The lowest BCUT2D eigenvalue weighted by Crippen LogP contribution is -1.85. The van der Waals surface area contributed by atoms with Gasteiger partial charge in [0, 0.05) is 12.5 Å². The number of phenolic OH excluding ortho intramolecular Hbond substituents is 1. The molecule has 86 valence electrons. The van der Waals surface area contributed by atoms with Gasteiger partial charge < -0.3 is 9.84 Å². The lowest BCUT2D eigenvalue weighted by molar-refractivity contribution is 0.357. The fourth-order valence-corrected chi connectivity index (χ4v) is 2.11. The molecule has 0 radical (unpaired) electrons. The van der Waals surface area contributed by atoms with Gasteiger partial charge in [-0.1, -0.05) is 6.07 Å². The number of aromatic hydroxyl groups is 1. The summed E-state index contributed by atoms with van der Waals surface area (Å²) in [5, 5.41) is 9.38. The van der Waals surface area contributed by atoms with E-state index < -0.39 is 5.82 Å². The Balaban J connectivity index is 2.09. The quantitative estimate of drug-likeness (QED) is 0.815. The molecule has 0 amide bonds. The zero-order chi connectivity index (χ0) is 11.8. The van der Waals surface area contributed by atoms with Gasteiger partial charge in [-0.3, -0.25) is 0 Å². The monoisotopic (exact) mass is 230 g/mol. The molecule has 3 rings (SSSR count). The van der Waals surface area contributed by atoms with E-state index in [0.29, 0.717) is 12.2 Å². The smallest absolute Gasteiger partial charge is 0.127 e. The number of fused-ring (bicyclic) bond motifs is 1. The van der Waals surface area contributed by atoms with Crippen LogP contribution in [0.25, 0.3) is 11.1 Å². The first-order valence-corrected chi connectivity index (χ1v) is 5.48. The molecule has 1 heterocycles. The van der Waals surface area contributed by atoms with Crippen molar-refractivity contribution >= 4 is 0 Å². The van der Waals surface area contributed by atoms with Crippen LogP contribution < -0.4 is 4.74 Å². The van der Waals surface area contributed by atoms with Crippen LogP contribution in [0.5, 0.6) is 11.5 Å². The van der Waals surface area contributed by atoms with Crippen molar-refractivity contribution in [3.05, 3.63) is 47.8 Å². The first kappa shape index (κ1) is 10.1. The second kappa shape index (κ2) is 3.77. The third kappa shape index (κ3) is 1.84. The summed E-state index contributed by atoms with van der Waals surface area (Å²) in [5.41, 5.74) is 2.70. The number of phenols is 1. The Morgan fingerprint density at radius 2 is 1.94 bits per heavy atom. The minimum atomic E-state index is -0.434. The predicted molar refractivity (Wildman–Crippen MR) is 62.7 cm³/mol. The molecular weight excluding hydrogens is 219 g/mol. The minimum Gasteiger partial charge on any atom is -0.508 e. The number of benzene rings is 2. The Kier molecular flexibility index (Phi) is 2.25. The summed E-state index contributed by atoms with van der Waals surface area (Å²) < 4.78 is 18.6. The van der Waals surface area contributed by atoms with Crippen molar-refractivity contribution < 1.29 is 14.2 Å². The summed E-state index contributed by atoms with van der Waals surface area (Å²) in [6, 6.07) is 9.81. The summed E-state index contributed by atoms with van der Waals surface area (Å²) in [4.78, 5) is 0. The summed E-state index contributed by atoms with van der Waals surface area (Å²) >= 11 is 0. The van der Waals surface area contributed by atoms with Crippen LogP contribution in [-0.4, -0.2) is 11.7 Å². The maximum atomic E-state index is 13.2. The molecule has 0 spiro atoms. The van der Waals surface area contributed by atoms with Crippen molar-refractivity contribution in [1.29, 1.82) is 0 Å². The zero-order valence-electron chi connectivity index (χ0n) is 9.11. The van der Waals surface area contributed by atoms with Gasteiger partial charge in [-0.2, -0.15) is 0 Å². The minimum absolute atomic E-state index is 0.0586. The second-order valence-corrected chi connectivity index (χ2v) is 4.12. The molecular formula is C14H11FO2. The Bertz CT molecular complexity index is 558. The largest absolute Gasteiger partial charge is 0.508 e. The molecule has 0 unspecified atom stereocenters. The van der Waals surface area contributed by atoms with E-state index in [0.717, 1.165) is 29.4 Å². The molecule has 3 heteroatoms. The molecule has 1 N–H and O–H groups in total. The lowest BCUT2D eigenvalue weighted by atomic mass is 10.0. The van der Waals surface area contributed by atoms with Crippen molar-refractivity contribution in [1.82, 2.24) is 0 Å². The Labute approximate surface area is 98.3 Å². The van der Waals surface area contributed by atoms with Gasteiger partial charge in [-0.05, 0) is 41.0 Å². The van der Waals surface area contributed by atoms with Crippen LogP contribution >= 0.6 is 0 Å². The van der Waals surface area contributed by atoms with Gasteiger partial charge in [0.15, 0.2) is 0 Å². The number of halogens is 1. The molecule has 1 aliphatic rings. The molecule has 0 aliphatic carbocycles. The van der Waals surface area contributed by atoms with Crippen LogP contribution in [0, 0.1) is 5.82 Å². The second-order valence-electron chi connectivity index (χ2n) is 4.12. The van der Waals surface area contributed by atoms with Gasteiger partial charge in [-0.15, -0.1) is 0 Å². The molecule has 2 aromatic carbocycles. The SMILES string of the molecule is Oc1cc(F)cc(-c2ccc3c(c2)CCO3)c1. The Hall–Kier alpha value is -2.03. The summed E-state index contributed by atoms with van der Waals surface area (Å²) in [5.74, 6) is 0.405. The van der Waals surface area contributed by atoms with Crippen LogP contribution in [0.4, 0.5) is 4.39 Å². The van der Waals surface area contributed by atoms with E-state index >= 15 is 0 Å². The highest BCUT2D eigenvalue weighted by Gasteiger charge is 2.13. The van der Waals surface area contributed by atoms with Gasteiger partial charge >= 0.3 is 0 Å². The standard InChI is InChI=1S/C14H11FO2/c15-12-6-11(7-13(16)8-12)9-1-2-14-10(5-9)3-4-17-14/h1-2,5-8,16H,3-4H2. The summed E-state index contributed by atoms with van der Waals surface area (Å²) in [6.45, 7) is 0.702. The molecule has 2 nitrogen and oxygen atoms in total. The van der Waals surface area contributed by atoms with Gasteiger partial charge in [0.25, 0.3) is 0 Å². The van der Waals surface area contributed by atoms with Crippen LogP contribution in [0.2, 0.25) is 0 Å². The van der Waals surface area contributed by atoms with Crippen LogP contribution in [-0.2, 0) is 6.42 Å². The Morgan fingerprint density at radius 1 is 1.06 bits per heavy atom. The topological polar surface area (TPSA) is 29.5 Å². The van der Waals surface area contributed by atoms with Crippen LogP contribution in [0.3, 0.4) is 0 Å². The van der Waals surface area contributed by atoms with Crippen molar-refractivity contribution in [3.8, 4) is 22.6 Å². The molecule has 17 heavy (non-hydrogen) atoms. The summed E-state index contributed by atoms with van der Waals surface area (Å²) in [6.07, 6.45) is 0.879. The number of hydrogen-bond donors (Lipinski definition) is 1. The van der Waals surface area contributed by atoms with E-state index in [9.17, 15) is 9.50 Å². The molecule has 0 bridgehead atoms. The Morgan fingerprint density at radius 3 is 2.76 bits per heavy atom. The van der Waals surface area contributed by atoms with E-state index in [1.165, 1.54) is 6.07 Å². The van der Waals surface area contributed by atoms with E-state index in [-0.39, 0.29) is 5.75 Å². The van der Waals surface area contributed by atoms with Gasteiger partial charge in [-0.25, -0.2) is 4.39 Å². The highest BCUT2D eigenvalue weighted by atomic mass is 19.1. The van der Waals surface area contributed by atoms with E-state index in [2.05, 4.69) is 0 Å². The normalized spacial score (nSPS) is 13.2. The predicted octanol–water partition coefficient (Wildman–Crippen LogP) is 3.13. The molecule has 0 saturated carbocycles. The molecule has 1 aliphatic heterocycles. The maximum Gasteiger partial charge on any atom is 0.127 e. The highest BCUT2D eigenvalue weighted by Crippen LogP contribution is 2.31. The first-order chi connectivity index (χ1) is 8.22. The van der Waals surface area contributed by atoms with Crippen molar-refractivity contribution in [3.63, 3.8) is 0 Å². The molecule has 0 aromatic heterocycles. The molecule has 0 fully saturated rings. The van der Waals surface area contributed by atoms with Gasteiger partial charge in [0.1, 0.15) is 17.3 Å². The third-order valence-electron chi connectivity index (χ3n) is 2.91. The fourth-order valence-electron chi connectivity index (χ4n) is 2.11. The van der Waals surface area contributed by atoms with E-state index in [4.69, 9.17) is 4.74 Å². The number of ether oxygens (including phenoxy) is 1. The van der Waals surface area contributed by atoms with Crippen molar-refractivity contribution in [2.75, 3.05) is 6.61 Å². The fraction of sp³-hybridized carbons (Fsp3) is 0.143. The van der Waals surface area contributed by atoms with Crippen LogP contribution in [0.15, 0.2) is 36.4 Å². The molecule has 2 aromatic rings. The van der Waals surface area contributed by atoms with Crippen molar-refractivity contribution in [2.24, 2.45) is 0 Å². The van der Waals surface area contributed by atoms with Crippen LogP contribution in [0.1, 0.15) is 5.56 Å². The van der Waals surface area contributed by atoms with E-state index in [1.54, 1.807) is 6.07 Å². The maximum absolute atomic E-state index is 13.2. The first-order valence-electron chi connectivity index (χ1n) is 5.48. The lowest BCUT2D eigenvalue weighted by Gasteiger charge is -2.05. The van der Waals surface area contributed by atoms with Gasteiger partial charge in [0.2, 0.25) is 0 Å². The highest BCUT2D eigenvalue weighted by molar-refractivity contribution is 5.67.